The highest BCUT2D eigenvalue weighted by Crippen LogP contribution is 2.20. The molecule has 2 heterocycles. The molecule has 0 bridgehead atoms. The highest BCUT2D eigenvalue weighted by atomic mass is 16.4. The highest BCUT2D eigenvalue weighted by Gasteiger charge is 2.35. The second-order valence-electron chi connectivity index (χ2n) is 21.0. The Morgan fingerprint density at radius 1 is 0.545 bits per heavy atom. The largest absolute Gasteiger partial charge is 0.508 e. The number of hydrogen-bond acceptors (Lipinski definition) is 18. The summed E-state index contributed by atoms with van der Waals surface area (Å²) in [6, 6.07) is 1.56. The predicted octanol–water partition coefficient (Wildman–Crippen LogP) is -4.40. The molecule has 0 aliphatic carbocycles. The van der Waals surface area contributed by atoms with Gasteiger partial charge in [0, 0.05) is 55.2 Å². The van der Waals surface area contributed by atoms with Crippen molar-refractivity contribution < 1.29 is 73.2 Å². The van der Waals surface area contributed by atoms with Gasteiger partial charge in [-0.3, -0.25) is 47.9 Å². The van der Waals surface area contributed by atoms with E-state index in [1.54, 1.807) is 42.6 Å². The third-order valence-corrected chi connectivity index (χ3v) is 13.9. The lowest BCUT2D eigenvalue weighted by molar-refractivity contribution is -0.143. The van der Waals surface area contributed by atoms with Gasteiger partial charge in [-0.1, -0.05) is 30.3 Å². The molecule has 0 radical (unpaired) electrons. The molecule has 10 amide bonds. The van der Waals surface area contributed by atoms with Gasteiger partial charge in [-0.05, 0) is 114 Å². The number of carbonyl (C=O) groups is 11. The van der Waals surface area contributed by atoms with Crippen LogP contribution in [0.25, 0.3) is 10.9 Å². The average Bonchev–Trinajstić information content (AvgIpc) is 3.58. The van der Waals surface area contributed by atoms with Crippen molar-refractivity contribution in [1.29, 1.82) is 0 Å². The number of para-hydroxylation sites is 1. The van der Waals surface area contributed by atoms with E-state index in [1.807, 2.05) is 0 Å². The van der Waals surface area contributed by atoms with Crippen molar-refractivity contribution in [3.05, 3.63) is 84.1 Å². The minimum absolute atomic E-state index is 0.00929. The van der Waals surface area contributed by atoms with E-state index in [9.17, 15) is 73.2 Å². The summed E-state index contributed by atoms with van der Waals surface area (Å²) >= 11 is 0. The van der Waals surface area contributed by atoms with Crippen molar-refractivity contribution in [2.45, 2.75) is 145 Å². The molecule has 9 atom stereocenters. The molecule has 2 aromatic heterocycles. The summed E-state index contributed by atoms with van der Waals surface area (Å²) in [6.45, 7) is 0.704. The second-order valence-corrected chi connectivity index (χ2v) is 21.0. The van der Waals surface area contributed by atoms with Crippen LogP contribution in [-0.2, 0) is 72.0 Å². The van der Waals surface area contributed by atoms with E-state index in [2.05, 4.69) is 68.1 Å². The van der Waals surface area contributed by atoms with Gasteiger partial charge in [-0.2, -0.15) is 0 Å². The number of carboxylic acids is 1. The van der Waals surface area contributed by atoms with Gasteiger partial charge >= 0.3 is 5.97 Å². The van der Waals surface area contributed by atoms with Crippen molar-refractivity contribution in [1.82, 2.24) is 68.1 Å². The molecule has 0 unspecified atom stereocenters. The van der Waals surface area contributed by atoms with E-state index in [1.165, 1.54) is 38.5 Å². The molecule has 4 aromatic rings. The molecule has 22 N–H and O–H groups in total. The van der Waals surface area contributed by atoms with Crippen LogP contribution in [0, 0.1) is 0 Å². The van der Waals surface area contributed by atoms with Gasteiger partial charge in [0.2, 0.25) is 59.1 Å². The third kappa shape index (κ3) is 24.4. The van der Waals surface area contributed by atoms with Crippen LogP contribution >= 0.6 is 0 Å². The third-order valence-electron chi connectivity index (χ3n) is 13.9. The molecule has 31 heteroatoms. The first kappa shape index (κ1) is 71.4. The van der Waals surface area contributed by atoms with Crippen LogP contribution in [0.15, 0.2) is 67.3 Å². The normalized spacial score (nSPS) is 14.2. The van der Waals surface area contributed by atoms with Crippen molar-refractivity contribution >= 4 is 75.9 Å². The first-order valence-electron chi connectivity index (χ1n) is 28.9. The zero-order chi connectivity index (χ0) is 64.7. The number of aromatic nitrogens is 3. The predicted molar refractivity (Wildman–Crippen MR) is 318 cm³/mol. The van der Waals surface area contributed by atoms with E-state index >= 15 is 0 Å². The lowest BCUT2D eigenvalue weighted by Crippen LogP contribution is -2.60. The number of nitrogens with two attached hydrogens (primary N) is 3. The summed E-state index contributed by atoms with van der Waals surface area (Å²) in [4.78, 5) is 157. The highest BCUT2D eigenvalue weighted by molar-refractivity contribution is 5.98. The number of unbranched alkanes of at least 4 members (excludes halogenated alkanes) is 3. The molecule has 0 fully saturated rings. The van der Waals surface area contributed by atoms with Crippen molar-refractivity contribution in [3.63, 3.8) is 0 Å². The molecule has 4 rings (SSSR count). The van der Waals surface area contributed by atoms with Crippen molar-refractivity contribution in [3.8, 4) is 5.75 Å². The number of H-pyrrole nitrogens is 2. The fraction of sp³-hybridized carbons (Fsp3) is 0.509. The quantitative estimate of drug-likeness (QED) is 0.0187. The number of aromatic hydroxyl groups is 1. The molecule has 0 aliphatic rings. The fourth-order valence-electron chi connectivity index (χ4n) is 9.13. The number of aromatic amines is 2. The maximum Gasteiger partial charge on any atom is 0.326 e. The summed E-state index contributed by atoms with van der Waals surface area (Å²) in [5.41, 5.74) is 19.4. The van der Waals surface area contributed by atoms with Gasteiger partial charge in [0.15, 0.2) is 0 Å². The summed E-state index contributed by atoms with van der Waals surface area (Å²) in [7, 11) is 0. The lowest BCUT2D eigenvalue weighted by Gasteiger charge is -2.27. The Kier molecular flexibility index (Phi) is 30.4. The number of aliphatic carboxylic acids is 1. The number of rotatable bonds is 40. The number of phenolic OH excluding ortho intramolecular Hbond substituents is 1. The number of benzene rings is 2. The van der Waals surface area contributed by atoms with Crippen LogP contribution in [0.3, 0.4) is 0 Å². The van der Waals surface area contributed by atoms with Gasteiger partial charge < -0.3 is 101 Å². The number of aliphatic hydroxyl groups is 2. The summed E-state index contributed by atoms with van der Waals surface area (Å²) in [5.74, 6) is -10.1. The zero-order valence-corrected chi connectivity index (χ0v) is 49.2. The molecule has 482 valence electrons. The molecule has 0 aliphatic heterocycles. The van der Waals surface area contributed by atoms with E-state index < -0.39 is 139 Å². The number of carbonyl (C=O) groups excluding carboxylic acids is 10. The number of fused-ring (bicyclic) bond motifs is 1. The molecular weight excluding hydrogens is 1150 g/mol. The Labute approximate surface area is 507 Å². The average molecular weight is 1230 g/mol. The standard InChI is InChI=1S/C57H84N16O15/c1-32(75)49(56(86)71-45(57(87)88)25-36-27-61-31-65-36)73-54(84)44(24-35-26-62-39-12-4-3-11-38(35)39)67-48(79)29-63-47(78)28-64-50(80)40(13-5-8-20-58)68-51(81)41(14-6-9-21-59)70-55(85)46(30-74)72-52(82)42(15-7-10-22-60)69-53(83)43(66-33(2)76)23-34-16-18-37(77)19-17-34/h3-4,11-12,16-19,26-27,31-32,40-46,49,62,74-75,77H,5-10,13-15,20-25,28-30,58-60H2,1-2H3,(H,61,65)(H,63,78)(H,64,80)(H,66,76)(H,67,79)(H,68,81)(H,69,83)(H,70,85)(H,71,86)(H,72,82)(H,73,84)(H,87,88)/t32-,40+,41+,42+,43+,44+,45+,46+,49+/m1/s1. The van der Waals surface area contributed by atoms with Crippen LogP contribution in [0.5, 0.6) is 5.75 Å². The molecule has 0 saturated carbocycles. The Bertz CT molecular complexity index is 2940. The maximum absolute atomic E-state index is 14.1. The maximum atomic E-state index is 14.1. The number of phenols is 1. The van der Waals surface area contributed by atoms with Crippen molar-refractivity contribution in [2.24, 2.45) is 17.2 Å². The molecule has 88 heavy (non-hydrogen) atoms. The number of amides is 10. The zero-order valence-electron chi connectivity index (χ0n) is 49.2. The molecule has 0 saturated heterocycles. The lowest BCUT2D eigenvalue weighted by atomic mass is 10.0. The molecule has 0 spiro atoms. The minimum atomic E-state index is -1.70. The summed E-state index contributed by atoms with van der Waals surface area (Å²) in [6.07, 6.45) is 4.63. The van der Waals surface area contributed by atoms with E-state index in [0.29, 0.717) is 66.2 Å². The molecule has 2 aromatic carbocycles. The Hall–Kier alpha value is -9.04. The Morgan fingerprint density at radius 3 is 1.59 bits per heavy atom. The second kappa shape index (κ2) is 37.5. The first-order valence-corrected chi connectivity index (χ1v) is 28.9. The van der Waals surface area contributed by atoms with E-state index in [0.717, 1.165) is 0 Å². The first-order chi connectivity index (χ1) is 42.1. The molecule has 31 nitrogen and oxygen atoms in total. The van der Waals surface area contributed by atoms with Gasteiger partial charge in [-0.15, -0.1) is 0 Å². The monoisotopic (exact) mass is 1230 g/mol. The summed E-state index contributed by atoms with van der Waals surface area (Å²) in [5, 5.41) is 66.0. The number of carboxylic acid groups (broad SMARTS) is 1. The number of hydrogen-bond donors (Lipinski definition) is 19. The topological polar surface area (TPSA) is 512 Å². The fourth-order valence-corrected chi connectivity index (χ4v) is 9.13. The molecular formula is C57H84N16O15. The number of nitrogens with one attached hydrogen (secondary N) is 12. The smallest absolute Gasteiger partial charge is 0.326 e. The van der Waals surface area contributed by atoms with E-state index in [-0.39, 0.29) is 63.9 Å². The van der Waals surface area contributed by atoms with Gasteiger partial charge in [0.25, 0.3) is 0 Å². The van der Waals surface area contributed by atoms with Crippen LogP contribution in [0.2, 0.25) is 0 Å². The number of aliphatic hydroxyl groups excluding tert-OH is 2. The van der Waals surface area contributed by atoms with Crippen LogP contribution in [-0.4, -0.2) is 194 Å². The summed E-state index contributed by atoms with van der Waals surface area (Å²) < 4.78 is 0. The number of nitrogens with zero attached hydrogens (tertiary/aromatic N) is 1. The van der Waals surface area contributed by atoms with Crippen LogP contribution in [0.1, 0.15) is 88.5 Å². The van der Waals surface area contributed by atoms with Gasteiger partial charge in [0.05, 0.1) is 32.1 Å². The van der Waals surface area contributed by atoms with Crippen LogP contribution < -0.4 is 70.4 Å². The van der Waals surface area contributed by atoms with Crippen molar-refractivity contribution in [2.75, 3.05) is 39.3 Å². The van der Waals surface area contributed by atoms with Gasteiger partial charge in [-0.25, -0.2) is 9.78 Å². The number of imidazole rings is 1. The SMILES string of the molecule is CC(=O)N[C@@H](Cc1ccc(O)cc1)C(=O)N[C@@H](CCCCN)C(=O)N[C@@H](CO)C(=O)N[C@@H](CCCCN)C(=O)N[C@@H](CCCCN)C(=O)NCC(=O)NCC(=O)N[C@@H](Cc1c[nH]c2ccccc12)C(=O)N[C@H](C(=O)N[C@@H](Cc1cnc[nH]1)C(=O)O)[C@@H](C)O. The minimum Gasteiger partial charge on any atom is -0.508 e. The van der Waals surface area contributed by atoms with Crippen LogP contribution in [0.4, 0.5) is 0 Å². The Balaban J connectivity index is 1.42. The Morgan fingerprint density at radius 2 is 1.06 bits per heavy atom. The van der Waals surface area contributed by atoms with E-state index in [4.69, 9.17) is 17.2 Å². The van der Waals surface area contributed by atoms with Gasteiger partial charge in [0.1, 0.15) is 54.1 Å².